The maximum atomic E-state index is 11.3. The fraction of sp³-hybridized carbons (Fsp3) is 0.778. The Labute approximate surface area is 94.4 Å². The van der Waals surface area contributed by atoms with Crippen LogP contribution in [0.25, 0.3) is 10.4 Å². The van der Waals surface area contributed by atoms with Gasteiger partial charge in [0.1, 0.15) is 6.04 Å². The fourth-order valence-corrected chi connectivity index (χ4v) is 1.02. The molecule has 0 spiro atoms. The van der Waals surface area contributed by atoms with Crippen LogP contribution in [-0.4, -0.2) is 31.6 Å². The van der Waals surface area contributed by atoms with Crippen LogP contribution in [0.3, 0.4) is 0 Å². The number of amides is 1. The molecule has 7 heteroatoms. The average Bonchev–Trinajstić information content (AvgIpc) is 2.30. The molecule has 1 amide bonds. The van der Waals surface area contributed by atoms with Gasteiger partial charge < -0.3 is 10.6 Å². The molecule has 1 unspecified atom stereocenters. The predicted molar refractivity (Wildman–Crippen MR) is 59.3 cm³/mol. The number of nitrogens with one attached hydrogen (secondary N) is 2. The van der Waals surface area contributed by atoms with Crippen LogP contribution >= 0.6 is 0 Å². The van der Waals surface area contributed by atoms with E-state index >= 15 is 0 Å². The number of hydrogen-bond acceptors (Lipinski definition) is 4. The van der Waals surface area contributed by atoms with Crippen molar-refractivity contribution in [2.24, 2.45) is 5.11 Å². The summed E-state index contributed by atoms with van der Waals surface area (Å²) in [5.74, 6) is -0.148. The van der Waals surface area contributed by atoms with Crippen LogP contribution in [0.2, 0.25) is 0 Å². The van der Waals surface area contributed by atoms with Crippen LogP contribution in [-0.2, 0) is 4.79 Å². The van der Waals surface area contributed by atoms with E-state index in [0.29, 0.717) is 13.1 Å². The highest BCUT2D eigenvalue weighted by molar-refractivity contribution is 5.76. The second-order valence-corrected chi connectivity index (χ2v) is 3.14. The van der Waals surface area contributed by atoms with E-state index in [4.69, 9.17) is 10.8 Å². The molecule has 0 aromatic carbocycles. The average molecular weight is 224 g/mol. The third kappa shape index (κ3) is 7.62. The molecule has 0 saturated heterocycles. The molecule has 0 saturated carbocycles. The Morgan fingerprint density at radius 2 is 2.38 bits per heavy atom. The Hall–Kier alpha value is -1.77. The summed E-state index contributed by atoms with van der Waals surface area (Å²) in [6.07, 6.45) is 0.986. The summed E-state index contributed by atoms with van der Waals surface area (Å²) in [6, 6.07) is 1.44. The molecule has 0 aliphatic carbocycles. The topological polar surface area (TPSA) is 114 Å². The van der Waals surface area contributed by atoms with Gasteiger partial charge in [-0.25, -0.2) is 0 Å². The first-order chi connectivity index (χ1) is 7.74. The molecule has 0 aliphatic heterocycles. The number of nitriles is 1. The van der Waals surface area contributed by atoms with Gasteiger partial charge in [-0.05, 0) is 12.0 Å². The third-order valence-corrected chi connectivity index (χ3v) is 1.78. The van der Waals surface area contributed by atoms with E-state index in [-0.39, 0.29) is 18.9 Å². The van der Waals surface area contributed by atoms with E-state index in [2.05, 4.69) is 20.7 Å². The van der Waals surface area contributed by atoms with Crippen LogP contribution in [0.5, 0.6) is 0 Å². The summed E-state index contributed by atoms with van der Waals surface area (Å²) in [7, 11) is 0. The molecule has 0 rings (SSSR count). The summed E-state index contributed by atoms with van der Waals surface area (Å²) in [4.78, 5) is 13.9. The van der Waals surface area contributed by atoms with Gasteiger partial charge in [0.05, 0.1) is 12.5 Å². The number of azide groups is 1. The molecule has 88 valence electrons. The number of carbonyl (C=O) groups excluding carboxylic acids is 1. The molecule has 7 nitrogen and oxygen atoms in total. The summed E-state index contributed by atoms with van der Waals surface area (Å²) in [5, 5.41) is 17.6. The van der Waals surface area contributed by atoms with E-state index < -0.39 is 6.04 Å². The quantitative estimate of drug-likeness (QED) is 0.273. The molecule has 1 atom stereocenters. The number of rotatable bonds is 8. The van der Waals surface area contributed by atoms with Crippen LogP contribution in [0.1, 0.15) is 19.8 Å². The zero-order chi connectivity index (χ0) is 12.2. The normalized spacial score (nSPS) is 11.0. The second-order valence-electron chi connectivity index (χ2n) is 3.14. The first-order valence-electron chi connectivity index (χ1n) is 5.15. The Balaban J connectivity index is 3.78. The Kier molecular flexibility index (Phi) is 8.69. The van der Waals surface area contributed by atoms with Gasteiger partial charge in [0.25, 0.3) is 0 Å². The Morgan fingerprint density at radius 1 is 1.62 bits per heavy atom. The summed E-state index contributed by atoms with van der Waals surface area (Å²) in [5.41, 5.74) is 8.03. The minimum atomic E-state index is -0.536. The molecule has 0 bridgehead atoms. The van der Waals surface area contributed by atoms with Crippen molar-refractivity contribution in [1.29, 1.82) is 5.26 Å². The van der Waals surface area contributed by atoms with Gasteiger partial charge in [0, 0.05) is 24.5 Å². The van der Waals surface area contributed by atoms with Crippen LogP contribution in [0.4, 0.5) is 0 Å². The zero-order valence-corrected chi connectivity index (χ0v) is 9.31. The van der Waals surface area contributed by atoms with E-state index in [1.165, 1.54) is 0 Å². The van der Waals surface area contributed by atoms with Crippen molar-refractivity contribution in [3.05, 3.63) is 10.4 Å². The highest BCUT2D eigenvalue weighted by atomic mass is 16.1. The smallest absolute Gasteiger partial charge is 0.222 e. The lowest BCUT2D eigenvalue weighted by Gasteiger charge is -2.10. The van der Waals surface area contributed by atoms with Gasteiger partial charge >= 0.3 is 0 Å². The van der Waals surface area contributed by atoms with Crippen molar-refractivity contribution in [2.45, 2.75) is 25.8 Å². The van der Waals surface area contributed by atoms with Crippen LogP contribution in [0, 0.1) is 11.3 Å². The van der Waals surface area contributed by atoms with Gasteiger partial charge in [-0.2, -0.15) is 5.26 Å². The van der Waals surface area contributed by atoms with Crippen molar-refractivity contribution in [2.75, 3.05) is 19.6 Å². The van der Waals surface area contributed by atoms with Gasteiger partial charge in [-0.1, -0.05) is 12.0 Å². The Bertz CT molecular complexity index is 291. The van der Waals surface area contributed by atoms with Gasteiger partial charge in [0.2, 0.25) is 5.91 Å². The lowest BCUT2D eigenvalue weighted by molar-refractivity contribution is -0.121. The predicted octanol–water partition coefficient (Wildman–Crippen LogP) is 0.695. The maximum Gasteiger partial charge on any atom is 0.222 e. The Morgan fingerprint density at radius 3 is 2.94 bits per heavy atom. The molecule has 0 aromatic rings. The standard InChI is InChI=1S/C9H16N6O/c1-2-3-13-9(16)6-8(7-10)12-4-5-14-15-11/h8,12H,2-6H2,1H3,(H,13,16). The number of nitrogens with zero attached hydrogens (tertiary/aromatic N) is 4. The largest absolute Gasteiger partial charge is 0.356 e. The van der Waals surface area contributed by atoms with Gasteiger partial charge in [-0.3, -0.25) is 4.79 Å². The second kappa shape index (κ2) is 9.77. The summed E-state index contributed by atoms with van der Waals surface area (Å²) < 4.78 is 0. The number of hydrogen-bond donors (Lipinski definition) is 2. The summed E-state index contributed by atoms with van der Waals surface area (Å²) >= 11 is 0. The van der Waals surface area contributed by atoms with Crippen molar-refractivity contribution >= 4 is 5.91 Å². The van der Waals surface area contributed by atoms with Gasteiger partial charge in [-0.15, -0.1) is 0 Å². The molecular formula is C9H16N6O. The number of carbonyl (C=O) groups is 1. The maximum absolute atomic E-state index is 11.3. The first kappa shape index (κ1) is 14.2. The lowest BCUT2D eigenvalue weighted by atomic mass is 10.2. The molecular weight excluding hydrogens is 208 g/mol. The SMILES string of the molecule is CCCNC(=O)CC(C#N)NCCN=[N+]=[N-]. The molecule has 0 aromatic heterocycles. The first-order valence-corrected chi connectivity index (χ1v) is 5.15. The zero-order valence-electron chi connectivity index (χ0n) is 9.31. The minimum Gasteiger partial charge on any atom is -0.356 e. The third-order valence-electron chi connectivity index (χ3n) is 1.78. The molecule has 0 aliphatic rings. The highest BCUT2D eigenvalue weighted by Gasteiger charge is 2.11. The fourth-order valence-electron chi connectivity index (χ4n) is 1.02. The molecule has 2 N–H and O–H groups in total. The van der Waals surface area contributed by atoms with Crippen LogP contribution in [0.15, 0.2) is 5.11 Å². The lowest BCUT2D eigenvalue weighted by Crippen LogP contribution is -2.36. The molecule has 16 heavy (non-hydrogen) atoms. The van der Waals surface area contributed by atoms with E-state index in [9.17, 15) is 4.79 Å². The van der Waals surface area contributed by atoms with Crippen molar-refractivity contribution in [3.63, 3.8) is 0 Å². The van der Waals surface area contributed by atoms with Crippen LogP contribution < -0.4 is 10.6 Å². The monoisotopic (exact) mass is 224 g/mol. The van der Waals surface area contributed by atoms with E-state index in [1.54, 1.807) is 0 Å². The summed E-state index contributed by atoms with van der Waals surface area (Å²) in [6.45, 7) is 3.24. The minimum absolute atomic E-state index is 0.118. The highest BCUT2D eigenvalue weighted by Crippen LogP contribution is 1.90. The van der Waals surface area contributed by atoms with Gasteiger partial charge in [0.15, 0.2) is 0 Å². The molecule has 0 radical (unpaired) electrons. The molecule has 0 fully saturated rings. The van der Waals surface area contributed by atoms with Crippen molar-refractivity contribution in [1.82, 2.24) is 10.6 Å². The van der Waals surface area contributed by atoms with Crippen molar-refractivity contribution < 1.29 is 4.79 Å². The van der Waals surface area contributed by atoms with E-state index in [1.807, 2.05) is 13.0 Å². The van der Waals surface area contributed by atoms with E-state index in [0.717, 1.165) is 6.42 Å². The molecule has 0 heterocycles. The van der Waals surface area contributed by atoms with Crippen molar-refractivity contribution in [3.8, 4) is 6.07 Å².